The highest BCUT2D eigenvalue weighted by molar-refractivity contribution is 5.18. The Hall–Kier alpha value is -0.960. The lowest BCUT2D eigenvalue weighted by Crippen LogP contribution is -1.98. The van der Waals surface area contributed by atoms with Gasteiger partial charge in [-0.2, -0.15) is 10.2 Å². The molecule has 2 rings (SSSR count). The van der Waals surface area contributed by atoms with Crippen molar-refractivity contribution in [3.63, 3.8) is 0 Å². The van der Waals surface area contributed by atoms with Gasteiger partial charge >= 0.3 is 0 Å². The summed E-state index contributed by atoms with van der Waals surface area (Å²) in [6.07, 6.45) is 3.62. The summed E-state index contributed by atoms with van der Waals surface area (Å²) in [5.74, 6) is 0. The summed E-state index contributed by atoms with van der Waals surface area (Å²) in [4.78, 5) is 0. The molecule has 0 bridgehead atoms. The predicted molar refractivity (Wildman–Crippen MR) is 40.3 cm³/mol. The molecule has 0 aromatic carbocycles. The first kappa shape index (κ1) is 6.73. The predicted octanol–water partition coefficient (Wildman–Crippen LogP) is 0.592. The minimum Gasteiger partial charge on any atom is -0.381 e. The van der Waals surface area contributed by atoms with Crippen molar-refractivity contribution in [2.45, 2.75) is 12.8 Å². The molecule has 0 spiro atoms. The molecule has 0 saturated heterocycles. The van der Waals surface area contributed by atoms with Crippen molar-refractivity contribution in [3.05, 3.63) is 23.5 Å². The van der Waals surface area contributed by atoms with Gasteiger partial charge in [-0.3, -0.25) is 0 Å². The standard InChI is InChI=1S/C8H10N2O/c1-4-9-10-8-3-6-11-5-2-7(1)8/h1,4H,2-3,5-6H2. The maximum atomic E-state index is 5.31. The van der Waals surface area contributed by atoms with Crippen LogP contribution in [0.4, 0.5) is 0 Å². The van der Waals surface area contributed by atoms with Gasteiger partial charge in [-0.15, -0.1) is 0 Å². The lowest BCUT2D eigenvalue weighted by molar-refractivity contribution is 0.146. The van der Waals surface area contributed by atoms with Crippen molar-refractivity contribution >= 4 is 0 Å². The second-order valence-corrected chi connectivity index (χ2v) is 2.62. The van der Waals surface area contributed by atoms with Crippen molar-refractivity contribution < 1.29 is 4.74 Å². The van der Waals surface area contributed by atoms with Gasteiger partial charge in [0.2, 0.25) is 0 Å². The highest BCUT2D eigenvalue weighted by atomic mass is 16.5. The molecule has 0 unspecified atom stereocenters. The van der Waals surface area contributed by atoms with Crippen LogP contribution >= 0.6 is 0 Å². The van der Waals surface area contributed by atoms with Gasteiger partial charge < -0.3 is 4.74 Å². The van der Waals surface area contributed by atoms with Crippen molar-refractivity contribution in [1.29, 1.82) is 0 Å². The molecule has 0 fully saturated rings. The van der Waals surface area contributed by atoms with Crippen LogP contribution in [0.1, 0.15) is 11.3 Å². The van der Waals surface area contributed by atoms with Gasteiger partial charge in [0, 0.05) is 12.6 Å². The van der Waals surface area contributed by atoms with E-state index < -0.39 is 0 Å². The Labute approximate surface area is 65.4 Å². The second-order valence-electron chi connectivity index (χ2n) is 2.62. The molecule has 1 aliphatic rings. The van der Waals surface area contributed by atoms with Gasteiger partial charge in [-0.1, -0.05) is 0 Å². The van der Waals surface area contributed by atoms with Crippen LogP contribution in [0.25, 0.3) is 0 Å². The normalized spacial score (nSPS) is 17.1. The molecule has 1 aliphatic heterocycles. The first-order valence-corrected chi connectivity index (χ1v) is 3.84. The fraction of sp³-hybridized carbons (Fsp3) is 0.500. The monoisotopic (exact) mass is 150 g/mol. The summed E-state index contributed by atoms with van der Waals surface area (Å²) in [6.45, 7) is 1.60. The molecule has 0 N–H and O–H groups in total. The molecular formula is C8H10N2O. The van der Waals surface area contributed by atoms with E-state index in [1.165, 1.54) is 5.56 Å². The number of ether oxygens (including phenoxy) is 1. The first-order chi connectivity index (χ1) is 5.47. The average Bonchev–Trinajstić information content (AvgIpc) is 2.28. The number of nitrogens with zero attached hydrogens (tertiary/aromatic N) is 2. The Morgan fingerprint density at radius 2 is 2.18 bits per heavy atom. The SMILES string of the molecule is c1cc2c(nn1)CCOCC2. The van der Waals surface area contributed by atoms with Gasteiger partial charge in [0.05, 0.1) is 18.9 Å². The molecule has 0 saturated carbocycles. The number of hydrogen-bond donors (Lipinski definition) is 0. The Bertz CT molecular complexity index is 225. The van der Waals surface area contributed by atoms with E-state index in [9.17, 15) is 0 Å². The topological polar surface area (TPSA) is 35.0 Å². The molecule has 11 heavy (non-hydrogen) atoms. The van der Waals surface area contributed by atoms with E-state index in [0.717, 1.165) is 31.7 Å². The Morgan fingerprint density at radius 1 is 1.27 bits per heavy atom. The summed E-state index contributed by atoms with van der Waals surface area (Å²) in [7, 11) is 0. The van der Waals surface area contributed by atoms with Gasteiger partial charge in [0.1, 0.15) is 0 Å². The summed E-state index contributed by atoms with van der Waals surface area (Å²) in [5.41, 5.74) is 2.39. The zero-order chi connectivity index (χ0) is 7.52. The summed E-state index contributed by atoms with van der Waals surface area (Å²) in [5, 5.41) is 7.88. The van der Waals surface area contributed by atoms with Crippen molar-refractivity contribution in [2.75, 3.05) is 13.2 Å². The van der Waals surface area contributed by atoms with Crippen LogP contribution in [0.3, 0.4) is 0 Å². The minimum atomic E-state index is 0.783. The van der Waals surface area contributed by atoms with E-state index >= 15 is 0 Å². The molecule has 2 heterocycles. The second kappa shape index (κ2) is 2.96. The molecular weight excluding hydrogens is 140 g/mol. The van der Waals surface area contributed by atoms with Crippen molar-refractivity contribution in [1.82, 2.24) is 10.2 Å². The maximum Gasteiger partial charge on any atom is 0.0686 e. The van der Waals surface area contributed by atoms with E-state index in [4.69, 9.17) is 4.74 Å². The molecule has 1 aromatic heterocycles. The Morgan fingerprint density at radius 3 is 3.18 bits per heavy atom. The van der Waals surface area contributed by atoms with Crippen LogP contribution in [0.5, 0.6) is 0 Å². The van der Waals surface area contributed by atoms with E-state index in [1.54, 1.807) is 6.20 Å². The molecule has 0 radical (unpaired) electrons. The van der Waals surface area contributed by atoms with E-state index in [0.29, 0.717) is 0 Å². The number of hydrogen-bond acceptors (Lipinski definition) is 3. The van der Waals surface area contributed by atoms with E-state index in [-0.39, 0.29) is 0 Å². The molecule has 3 nitrogen and oxygen atoms in total. The smallest absolute Gasteiger partial charge is 0.0686 e. The van der Waals surface area contributed by atoms with Crippen LogP contribution in [-0.2, 0) is 17.6 Å². The van der Waals surface area contributed by atoms with E-state index in [2.05, 4.69) is 10.2 Å². The number of aromatic nitrogens is 2. The van der Waals surface area contributed by atoms with Crippen LogP contribution in [0.15, 0.2) is 12.3 Å². The largest absolute Gasteiger partial charge is 0.381 e. The zero-order valence-corrected chi connectivity index (χ0v) is 6.29. The molecule has 3 heteroatoms. The Balaban J connectivity index is 2.33. The van der Waals surface area contributed by atoms with Gasteiger partial charge in [0.15, 0.2) is 0 Å². The fourth-order valence-electron chi connectivity index (χ4n) is 1.28. The third-order valence-corrected chi connectivity index (χ3v) is 1.89. The van der Waals surface area contributed by atoms with Gasteiger partial charge in [-0.05, 0) is 18.1 Å². The lowest BCUT2D eigenvalue weighted by atomic mass is 10.1. The zero-order valence-electron chi connectivity index (χ0n) is 6.29. The third-order valence-electron chi connectivity index (χ3n) is 1.89. The van der Waals surface area contributed by atoms with Crippen LogP contribution in [-0.4, -0.2) is 23.4 Å². The molecule has 0 aliphatic carbocycles. The van der Waals surface area contributed by atoms with Crippen LogP contribution in [0, 0.1) is 0 Å². The molecule has 58 valence electrons. The average molecular weight is 150 g/mol. The van der Waals surface area contributed by atoms with Crippen molar-refractivity contribution in [3.8, 4) is 0 Å². The van der Waals surface area contributed by atoms with Crippen molar-refractivity contribution in [2.24, 2.45) is 0 Å². The molecule has 1 aromatic rings. The maximum absolute atomic E-state index is 5.31. The lowest BCUT2D eigenvalue weighted by Gasteiger charge is -1.98. The molecule has 0 amide bonds. The Kier molecular flexibility index (Phi) is 1.81. The molecule has 0 atom stereocenters. The third kappa shape index (κ3) is 1.38. The van der Waals surface area contributed by atoms with Gasteiger partial charge in [-0.25, -0.2) is 0 Å². The number of fused-ring (bicyclic) bond motifs is 1. The van der Waals surface area contributed by atoms with E-state index in [1.807, 2.05) is 6.07 Å². The highest BCUT2D eigenvalue weighted by Crippen LogP contribution is 2.09. The summed E-state index contributed by atoms with van der Waals surface area (Å²) >= 11 is 0. The quantitative estimate of drug-likeness (QED) is 0.543. The fourth-order valence-corrected chi connectivity index (χ4v) is 1.28. The summed E-state index contributed by atoms with van der Waals surface area (Å²) < 4.78 is 5.31. The van der Waals surface area contributed by atoms with Gasteiger partial charge in [0.25, 0.3) is 0 Å². The summed E-state index contributed by atoms with van der Waals surface area (Å²) in [6, 6.07) is 2.02. The van der Waals surface area contributed by atoms with Crippen LogP contribution in [0.2, 0.25) is 0 Å². The van der Waals surface area contributed by atoms with Crippen LogP contribution < -0.4 is 0 Å². The number of rotatable bonds is 0. The highest BCUT2D eigenvalue weighted by Gasteiger charge is 2.07. The first-order valence-electron chi connectivity index (χ1n) is 3.84. The minimum absolute atomic E-state index is 0.783.